The minimum Gasteiger partial charge on any atom is -0.313 e. The molecule has 0 aromatic heterocycles. The highest BCUT2D eigenvalue weighted by Crippen LogP contribution is 2.35. The molecular formula is C15H24N2O2S. The highest BCUT2D eigenvalue weighted by atomic mass is 32.2. The topological polar surface area (TPSA) is 49.4 Å². The molecule has 0 spiro atoms. The Balaban J connectivity index is 2.30. The van der Waals surface area contributed by atoms with Crippen LogP contribution in [-0.2, 0) is 10.0 Å². The number of rotatable bonds is 5. The Hall–Kier alpha value is -1.07. The monoisotopic (exact) mass is 296 g/mol. The van der Waals surface area contributed by atoms with Gasteiger partial charge < -0.3 is 5.32 Å². The molecule has 0 aliphatic carbocycles. The Morgan fingerprint density at radius 3 is 2.70 bits per heavy atom. The summed E-state index contributed by atoms with van der Waals surface area (Å²) in [4.78, 5) is 0. The van der Waals surface area contributed by atoms with Crippen molar-refractivity contribution in [2.24, 2.45) is 5.92 Å². The van der Waals surface area contributed by atoms with Gasteiger partial charge in [0.25, 0.3) is 0 Å². The maximum Gasteiger partial charge on any atom is 0.235 e. The van der Waals surface area contributed by atoms with Crippen molar-refractivity contribution in [2.45, 2.75) is 32.7 Å². The zero-order chi connectivity index (χ0) is 14.8. The maximum absolute atomic E-state index is 12.6. The van der Waals surface area contributed by atoms with E-state index in [1.54, 1.807) is 4.31 Å². The van der Waals surface area contributed by atoms with Crippen LogP contribution in [0.15, 0.2) is 24.3 Å². The minimum absolute atomic E-state index is 0.225. The van der Waals surface area contributed by atoms with Gasteiger partial charge in [-0.1, -0.05) is 32.0 Å². The van der Waals surface area contributed by atoms with Crippen LogP contribution in [0, 0.1) is 5.92 Å². The van der Waals surface area contributed by atoms with E-state index < -0.39 is 10.0 Å². The largest absolute Gasteiger partial charge is 0.313 e. The summed E-state index contributed by atoms with van der Waals surface area (Å²) in [5, 5.41) is 3.26. The molecule has 0 saturated heterocycles. The minimum atomic E-state index is -3.22. The molecule has 1 N–H and O–H groups in total. The highest BCUT2D eigenvalue weighted by molar-refractivity contribution is 7.92. The molecule has 2 rings (SSSR count). The van der Waals surface area contributed by atoms with Crippen LogP contribution < -0.4 is 9.62 Å². The zero-order valence-electron chi connectivity index (χ0n) is 12.5. The lowest BCUT2D eigenvalue weighted by Gasteiger charge is -2.35. The summed E-state index contributed by atoms with van der Waals surface area (Å²) in [6.07, 6.45) is 1.52. The fourth-order valence-electron chi connectivity index (χ4n) is 2.62. The number of benzene rings is 1. The van der Waals surface area contributed by atoms with Gasteiger partial charge in [-0.25, -0.2) is 8.42 Å². The highest BCUT2D eigenvalue weighted by Gasteiger charge is 2.30. The van der Waals surface area contributed by atoms with Crippen LogP contribution in [0.25, 0.3) is 0 Å². The summed E-state index contributed by atoms with van der Waals surface area (Å²) < 4.78 is 26.7. The molecule has 1 atom stereocenters. The fourth-order valence-corrected chi connectivity index (χ4v) is 4.45. The van der Waals surface area contributed by atoms with Crippen LogP contribution >= 0.6 is 0 Å². The SMILES string of the molecule is CNC1CCN(S(=O)(=O)CCC(C)C)c2ccccc21. The molecule has 5 heteroatoms. The van der Waals surface area contributed by atoms with E-state index in [1.807, 2.05) is 31.3 Å². The van der Waals surface area contributed by atoms with Crippen LogP contribution in [-0.4, -0.2) is 27.8 Å². The molecule has 1 unspecified atom stereocenters. The smallest absolute Gasteiger partial charge is 0.235 e. The van der Waals surface area contributed by atoms with Crippen LogP contribution in [0.4, 0.5) is 5.69 Å². The average Bonchev–Trinajstić information content (AvgIpc) is 2.44. The summed E-state index contributed by atoms with van der Waals surface area (Å²) in [5.41, 5.74) is 1.91. The van der Waals surface area contributed by atoms with Crippen LogP contribution in [0.2, 0.25) is 0 Å². The van der Waals surface area contributed by atoms with Gasteiger partial charge in [0, 0.05) is 12.6 Å². The van der Waals surface area contributed by atoms with Crippen molar-refractivity contribution < 1.29 is 8.42 Å². The van der Waals surface area contributed by atoms with Crippen molar-refractivity contribution in [3.8, 4) is 0 Å². The molecule has 1 heterocycles. The van der Waals surface area contributed by atoms with Crippen LogP contribution in [0.5, 0.6) is 0 Å². The number of nitrogens with one attached hydrogen (secondary N) is 1. The summed E-state index contributed by atoms with van der Waals surface area (Å²) >= 11 is 0. The summed E-state index contributed by atoms with van der Waals surface area (Å²) in [5.74, 6) is 0.623. The van der Waals surface area contributed by atoms with E-state index in [0.29, 0.717) is 18.9 Å². The average molecular weight is 296 g/mol. The van der Waals surface area contributed by atoms with Gasteiger partial charge in [-0.2, -0.15) is 0 Å². The number of hydrogen-bond acceptors (Lipinski definition) is 3. The van der Waals surface area contributed by atoms with E-state index in [0.717, 1.165) is 17.7 Å². The number of sulfonamides is 1. The van der Waals surface area contributed by atoms with E-state index in [1.165, 1.54) is 0 Å². The quantitative estimate of drug-likeness (QED) is 0.908. The Kier molecular flexibility index (Phi) is 4.70. The molecule has 1 aromatic rings. The van der Waals surface area contributed by atoms with E-state index in [-0.39, 0.29) is 11.8 Å². The lowest BCUT2D eigenvalue weighted by molar-refractivity contribution is 0.525. The normalized spacial score (nSPS) is 19.2. The van der Waals surface area contributed by atoms with Crippen LogP contribution in [0.1, 0.15) is 38.3 Å². The molecule has 0 amide bonds. The van der Waals surface area contributed by atoms with Crippen molar-refractivity contribution in [2.75, 3.05) is 23.7 Å². The summed E-state index contributed by atoms with van der Waals surface area (Å²) in [7, 11) is -1.30. The number of anilines is 1. The van der Waals surface area contributed by atoms with Gasteiger partial charge in [0.2, 0.25) is 10.0 Å². The van der Waals surface area contributed by atoms with E-state index >= 15 is 0 Å². The first-order valence-electron chi connectivity index (χ1n) is 7.22. The van der Waals surface area contributed by atoms with Gasteiger partial charge in [0.05, 0.1) is 11.4 Å². The second-order valence-electron chi connectivity index (χ2n) is 5.76. The van der Waals surface area contributed by atoms with Gasteiger partial charge in [-0.05, 0) is 37.4 Å². The lowest BCUT2D eigenvalue weighted by Crippen LogP contribution is -2.40. The number of para-hydroxylation sites is 1. The van der Waals surface area contributed by atoms with E-state index in [9.17, 15) is 8.42 Å². The Bertz CT molecular complexity index is 555. The first kappa shape index (κ1) is 15.3. The zero-order valence-corrected chi connectivity index (χ0v) is 13.3. The fraction of sp³-hybridized carbons (Fsp3) is 0.600. The molecule has 112 valence electrons. The first-order valence-corrected chi connectivity index (χ1v) is 8.83. The number of fused-ring (bicyclic) bond motifs is 1. The third-order valence-electron chi connectivity index (χ3n) is 3.84. The third-order valence-corrected chi connectivity index (χ3v) is 5.64. The van der Waals surface area contributed by atoms with E-state index in [2.05, 4.69) is 19.2 Å². The molecule has 4 nitrogen and oxygen atoms in total. The van der Waals surface area contributed by atoms with Gasteiger partial charge >= 0.3 is 0 Å². The second kappa shape index (κ2) is 6.14. The van der Waals surface area contributed by atoms with Crippen molar-refractivity contribution >= 4 is 15.7 Å². The number of nitrogens with zero attached hydrogens (tertiary/aromatic N) is 1. The lowest BCUT2D eigenvalue weighted by atomic mass is 9.98. The molecule has 0 fully saturated rings. The standard InChI is InChI=1S/C15H24N2O2S/c1-12(2)9-11-20(18,19)17-10-8-14(16-3)13-6-4-5-7-15(13)17/h4-7,12,14,16H,8-11H2,1-3H3. The maximum atomic E-state index is 12.6. The van der Waals surface area contributed by atoms with Crippen molar-refractivity contribution in [1.29, 1.82) is 0 Å². The Morgan fingerprint density at radius 2 is 2.05 bits per heavy atom. The van der Waals surface area contributed by atoms with Crippen molar-refractivity contribution in [3.63, 3.8) is 0 Å². The molecule has 0 radical (unpaired) electrons. The van der Waals surface area contributed by atoms with Crippen molar-refractivity contribution in [1.82, 2.24) is 5.32 Å². The molecule has 1 aliphatic rings. The third kappa shape index (κ3) is 3.15. The van der Waals surface area contributed by atoms with Gasteiger partial charge in [-0.3, -0.25) is 4.31 Å². The van der Waals surface area contributed by atoms with Gasteiger partial charge in [0.15, 0.2) is 0 Å². The van der Waals surface area contributed by atoms with E-state index in [4.69, 9.17) is 0 Å². The molecule has 20 heavy (non-hydrogen) atoms. The predicted molar refractivity (Wildman–Crippen MR) is 83.4 cm³/mol. The Morgan fingerprint density at radius 1 is 1.35 bits per heavy atom. The first-order chi connectivity index (χ1) is 9.45. The molecule has 0 bridgehead atoms. The van der Waals surface area contributed by atoms with Gasteiger partial charge in [-0.15, -0.1) is 0 Å². The number of hydrogen-bond donors (Lipinski definition) is 1. The predicted octanol–water partition coefficient (Wildman–Crippen LogP) is 2.53. The molecule has 0 saturated carbocycles. The van der Waals surface area contributed by atoms with Gasteiger partial charge in [0.1, 0.15) is 0 Å². The summed E-state index contributed by atoms with van der Waals surface area (Å²) in [6, 6.07) is 8.03. The Labute approximate surface area is 122 Å². The molecule has 1 aromatic carbocycles. The molecular weight excluding hydrogens is 272 g/mol. The van der Waals surface area contributed by atoms with Crippen LogP contribution in [0.3, 0.4) is 0 Å². The summed E-state index contributed by atoms with van der Waals surface area (Å²) in [6.45, 7) is 4.66. The molecule has 1 aliphatic heterocycles. The van der Waals surface area contributed by atoms with Crippen molar-refractivity contribution in [3.05, 3.63) is 29.8 Å². The second-order valence-corrected chi connectivity index (χ2v) is 7.77.